The van der Waals surface area contributed by atoms with Crippen LogP contribution in [0.2, 0.25) is 0 Å². The van der Waals surface area contributed by atoms with Gasteiger partial charge in [-0.3, -0.25) is 4.79 Å². The van der Waals surface area contributed by atoms with Crippen molar-refractivity contribution in [3.05, 3.63) is 70.0 Å². The van der Waals surface area contributed by atoms with Gasteiger partial charge < -0.3 is 29.6 Å². The van der Waals surface area contributed by atoms with E-state index in [4.69, 9.17) is 21.7 Å². The SMILES string of the molecule is CN(C)CCCN(Cc1cc2cc3c(cc2[nH]c1=O)OCO3)C(=S)NCCc1ccccc1. The molecule has 8 heteroatoms. The number of thiocarbonyl (C=S) groups is 1. The van der Waals surface area contributed by atoms with Gasteiger partial charge in [-0.05, 0) is 63.4 Å². The average molecular weight is 467 g/mol. The summed E-state index contributed by atoms with van der Waals surface area (Å²) in [6.07, 6.45) is 1.83. The van der Waals surface area contributed by atoms with Crippen molar-refractivity contribution in [3.63, 3.8) is 0 Å². The minimum atomic E-state index is -0.119. The normalized spacial score (nSPS) is 12.3. The molecule has 2 aromatic carbocycles. The van der Waals surface area contributed by atoms with Crippen LogP contribution in [0.1, 0.15) is 17.5 Å². The molecular weight excluding hydrogens is 436 g/mol. The third kappa shape index (κ3) is 6.03. The number of rotatable bonds is 9. The minimum absolute atomic E-state index is 0.119. The van der Waals surface area contributed by atoms with Crippen LogP contribution in [0.25, 0.3) is 10.9 Å². The molecule has 33 heavy (non-hydrogen) atoms. The van der Waals surface area contributed by atoms with Crippen molar-refractivity contribution >= 4 is 28.2 Å². The predicted octanol–water partition coefficient (Wildman–Crippen LogP) is 3.13. The van der Waals surface area contributed by atoms with E-state index in [-0.39, 0.29) is 12.4 Å². The van der Waals surface area contributed by atoms with E-state index in [1.807, 2.05) is 36.4 Å². The number of aromatic nitrogens is 1. The van der Waals surface area contributed by atoms with Crippen LogP contribution in [0.3, 0.4) is 0 Å². The number of ether oxygens (including phenoxy) is 2. The second-order valence-electron chi connectivity index (χ2n) is 8.46. The van der Waals surface area contributed by atoms with Gasteiger partial charge in [0.2, 0.25) is 6.79 Å². The highest BCUT2D eigenvalue weighted by Gasteiger charge is 2.17. The van der Waals surface area contributed by atoms with Crippen LogP contribution < -0.4 is 20.3 Å². The summed E-state index contributed by atoms with van der Waals surface area (Å²) < 4.78 is 10.9. The van der Waals surface area contributed by atoms with Gasteiger partial charge in [0.15, 0.2) is 16.6 Å². The van der Waals surface area contributed by atoms with Gasteiger partial charge in [0.1, 0.15) is 0 Å². The maximum absolute atomic E-state index is 12.8. The zero-order valence-electron chi connectivity index (χ0n) is 19.1. The summed E-state index contributed by atoms with van der Waals surface area (Å²) in [7, 11) is 4.11. The van der Waals surface area contributed by atoms with Crippen LogP contribution in [0.15, 0.2) is 53.3 Å². The average Bonchev–Trinajstić information content (AvgIpc) is 3.25. The minimum Gasteiger partial charge on any atom is -0.454 e. The van der Waals surface area contributed by atoms with Gasteiger partial charge in [0.25, 0.3) is 5.56 Å². The first-order valence-electron chi connectivity index (χ1n) is 11.2. The van der Waals surface area contributed by atoms with Crippen molar-refractivity contribution in [2.24, 2.45) is 0 Å². The number of hydrogen-bond donors (Lipinski definition) is 2. The van der Waals surface area contributed by atoms with Gasteiger partial charge in [-0.15, -0.1) is 0 Å². The number of pyridine rings is 1. The monoisotopic (exact) mass is 466 g/mol. The topological polar surface area (TPSA) is 69.8 Å². The molecule has 0 spiro atoms. The number of aromatic amines is 1. The molecule has 174 valence electrons. The van der Waals surface area contributed by atoms with Gasteiger partial charge in [-0.2, -0.15) is 0 Å². The first-order valence-corrected chi connectivity index (χ1v) is 11.6. The van der Waals surface area contributed by atoms with Crippen LogP contribution in [0, 0.1) is 0 Å². The van der Waals surface area contributed by atoms with E-state index in [0.717, 1.165) is 43.4 Å². The summed E-state index contributed by atoms with van der Waals surface area (Å²) in [5.74, 6) is 1.35. The van der Waals surface area contributed by atoms with Crippen molar-refractivity contribution in [3.8, 4) is 11.5 Å². The summed E-state index contributed by atoms with van der Waals surface area (Å²) in [6, 6.07) is 16.0. The van der Waals surface area contributed by atoms with E-state index in [1.165, 1.54) is 5.56 Å². The quantitative estimate of drug-likeness (QED) is 0.470. The number of H-pyrrole nitrogens is 1. The fourth-order valence-corrected chi connectivity index (χ4v) is 4.12. The van der Waals surface area contributed by atoms with E-state index in [1.54, 1.807) is 0 Å². The highest BCUT2D eigenvalue weighted by Crippen LogP contribution is 2.35. The summed E-state index contributed by atoms with van der Waals surface area (Å²) in [6.45, 7) is 3.08. The lowest BCUT2D eigenvalue weighted by atomic mass is 10.1. The second kappa shape index (κ2) is 10.7. The Morgan fingerprint density at radius 1 is 1.09 bits per heavy atom. The molecule has 4 rings (SSSR count). The third-order valence-corrected chi connectivity index (χ3v) is 6.03. The summed E-state index contributed by atoms with van der Waals surface area (Å²) >= 11 is 5.73. The van der Waals surface area contributed by atoms with Crippen LogP contribution in [-0.2, 0) is 13.0 Å². The van der Waals surface area contributed by atoms with E-state index in [9.17, 15) is 4.79 Å². The lowest BCUT2D eigenvalue weighted by Crippen LogP contribution is -2.42. The molecule has 0 saturated heterocycles. The molecule has 7 nitrogen and oxygen atoms in total. The van der Waals surface area contributed by atoms with Crippen molar-refractivity contribution in [1.82, 2.24) is 20.1 Å². The molecule has 0 saturated carbocycles. The standard InChI is InChI=1S/C25H30N4O3S/c1-28(2)11-6-12-29(25(33)26-10-9-18-7-4-3-5-8-18)16-20-13-19-14-22-23(32-17-31-22)15-21(19)27-24(20)30/h3-5,7-8,13-15H,6,9-12,16-17H2,1-2H3,(H,26,33)(H,27,30). The van der Waals surface area contributed by atoms with Crippen LogP contribution >= 0.6 is 12.2 Å². The zero-order chi connectivity index (χ0) is 23.2. The highest BCUT2D eigenvalue weighted by molar-refractivity contribution is 7.80. The summed E-state index contributed by atoms with van der Waals surface area (Å²) in [5, 5.41) is 4.94. The number of nitrogens with one attached hydrogen (secondary N) is 2. The Labute approximate surface area is 199 Å². The molecule has 0 unspecified atom stereocenters. The fourth-order valence-electron chi connectivity index (χ4n) is 3.86. The van der Waals surface area contributed by atoms with Gasteiger partial charge in [-0.25, -0.2) is 0 Å². The van der Waals surface area contributed by atoms with Gasteiger partial charge in [-0.1, -0.05) is 30.3 Å². The molecular formula is C25H30N4O3S. The van der Waals surface area contributed by atoms with Crippen LogP contribution in [0.4, 0.5) is 0 Å². The lowest BCUT2D eigenvalue weighted by Gasteiger charge is -2.26. The molecule has 1 aromatic heterocycles. The summed E-state index contributed by atoms with van der Waals surface area (Å²) in [5.41, 5.74) is 2.54. The Kier molecular flexibility index (Phi) is 7.47. The molecule has 1 aliphatic heterocycles. The first kappa shape index (κ1) is 23.1. The summed E-state index contributed by atoms with van der Waals surface area (Å²) in [4.78, 5) is 20.1. The molecule has 0 fully saturated rings. The van der Waals surface area contributed by atoms with Crippen LogP contribution in [0.5, 0.6) is 11.5 Å². The zero-order valence-corrected chi connectivity index (χ0v) is 19.9. The van der Waals surface area contributed by atoms with Crippen molar-refractivity contribution in [2.75, 3.05) is 40.5 Å². The Morgan fingerprint density at radius 3 is 2.61 bits per heavy atom. The smallest absolute Gasteiger partial charge is 0.253 e. The maximum Gasteiger partial charge on any atom is 0.253 e. The Morgan fingerprint density at radius 2 is 1.85 bits per heavy atom. The van der Waals surface area contributed by atoms with Crippen LogP contribution in [-0.4, -0.2) is 60.4 Å². The first-order chi connectivity index (χ1) is 16.0. The highest BCUT2D eigenvalue weighted by atomic mass is 32.1. The third-order valence-electron chi connectivity index (χ3n) is 5.63. The molecule has 0 aliphatic carbocycles. The number of benzene rings is 2. The van der Waals surface area contributed by atoms with Gasteiger partial charge >= 0.3 is 0 Å². The van der Waals surface area contributed by atoms with Gasteiger partial charge in [0, 0.05) is 30.1 Å². The lowest BCUT2D eigenvalue weighted by molar-refractivity contribution is 0.174. The number of hydrogen-bond acceptors (Lipinski definition) is 5. The Bertz CT molecular complexity index is 1160. The molecule has 2 heterocycles. The van der Waals surface area contributed by atoms with Gasteiger partial charge in [0.05, 0.1) is 12.1 Å². The molecule has 0 amide bonds. The van der Waals surface area contributed by atoms with Crippen molar-refractivity contribution in [1.29, 1.82) is 0 Å². The van der Waals surface area contributed by atoms with E-state index >= 15 is 0 Å². The number of fused-ring (bicyclic) bond motifs is 2. The van der Waals surface area contributed by atoms with Crippen molar-refractivity contribution < 1.29 is 9.47 Å². The number of nitrogens with zero attached hydrogens (tertiary/aromatic N) is 2. The van der Waals surface area contributed by atoms with Crippen molar-refractivity contribution in [2.45, 2.75) is 19.4 Å². The van der Waals surface area contributed by atoms with E-state index < -0.39 is 0 Å². The molecule has 1 aliphatic rings. The molecule has 0 radical (unpaired) electrons. The predicted molar refractivity (Wildman–Crippen MR) is 135 cm³/mol. The van der Waals surface area contributed by atoms with E-state index in [0.29, 0.717) is 28.7 Å². The van der Waals surface area contributed by atoms with E-state index in [2.05, 4.69) is 46.3 Å². The second-order valence-corrected chi connectivity index (χ2v) is 8.85. The molecule has 0 bridgehead atoms. The fraction of sp³-hybridized carbons (Fsp3) is 0.360. The Balaban J connectivity index is 1.48. The Hall–Kier alpha value is -3.10. The molecule has 2 N–H and O–H groups in total. The largest absolute Gasteiger partial charge is 0.454 e. The molecule has 3 aromatic rings. The molecule has 0 atom stereocenters. The maximum atomic E-state index is 12.8.